The lowest BCUT2D eigenvalue weighted by Gasteiger charge is -2.14. The van der Waals surface area contributed by atoms with Crippen LogP contribution >= 0.6 is 0 Å². The largest absolute Gasteiger partial charge is 0.490 e. The first kappa shape index (κ1) is 26.9. The molecule has 3 heteroatoms. The molecule has 35 heavy (non-hydrogen) atoms. The van der Waals surface area contributed by atoms with E-state index in [1.54, 1.807) is 12.1 Å². The average Bonchev–Trinajstić information content (AvgIpc) is 2.89. The molecule has 0 aliphatic carbocycles. The van der Waals surface area contributed by atoms with Crippen molar-refractivity contribution in [3.63, 3.8) is 0 Å². The highest BCUT2D eigenvalue weighted by molar-refractivity contribution is 5.84. The second-order valence-corrected chi connectivity index (χ2v) is 9.41. The topological polar surface area (TPSA) is 9.23 Å². The SMILES string of the molecule is CCCCCCCCc1ccc(-c2ccccc2-c2ccc(OCCCCCC)c(F)c2F)cc1. The molecule has 0 unspecified atom stereocenters. The summed E-state index contributed by atoms with van der Waals surface area (Å²) in [6.45, 7) is 4.78. The summed E-state index contributed by atoms with van der Waals surface area (Å²) in [5.41, 5.74) is 4.16. The van der Waals surface area contributed by atoms with Gasteiger partial charge in [-0.25, -0.2) is 4.39 Å². The molecule has 0 heterocycles. The Morgan fingerprint density at radius 2 is 1.20 bits per heavy atom. The smallest absolute Gasteiger partial charge is 0.201 e. The molecule has 3 aromatic rings. The Morgan fingerprint density at radius 3 is 1.91 bits per heavy atom. The van der Waals surface area contributed by atoms with E-state index in [2.05, 4.69) is 38.1 Å². The normalized spacial score (nSPS) is 11.1. The lowest BCUT2D eigenvalue weighted by molar-refractivity contribution is 0.285. The first-order valence-corrected chi connectivity index (χ1v) is 13.4. The molecule has 0 N–H and O–H groups in total. The van der Waals surface area contributed by atoms with E-state index in [0.717, 1.165) is 43.2 Å². The van der Waals surface area contributed by atoms with Gasteiger partial charge in [-0.2, -0.15) is 4.39 Å². The molecule has 188 valence electrons. The molecule has 1 nitrogen and oxygen atoms in total. The standard InChI is InChI=1S/C32H40F2O/c1-3-5-7-9-10-11-15-25-18-20-26(21-19-25)27-16-12-13-17-28(27)29-22-23-30(32(34)31(29)33)35-24-14-8-6-4-2/h12-13,16-23H,3-11,14-15,24H2,1-2H3. The second-order valence-electron chi connectivity index (χ2n) is 9.41. The van der Waals surface area contributed by atoms with Gasteiger partial charge in [-0.1, -0.05) is 114 Å². The summed E-state index contributed by atoms with van der Waals surface area (Å²) >= 11 is 0. The van der Waals surface area contributed by atoms with E-state index in [9.17, 15) is 4.39 Å². The van der Waals surface area contributed by atoms with E-state index in [1.165, 1.54) is 44.1 Å². The molecule has 0 atom stereocenters. The summed E-state index contributed by atoms with van der Waals surface area (Å²) in [5.74, 6) is -1.79. The fourth-order valence-corrected chi connectivity index (χ4v) is 4.49. The molecular formula is C32H40F2O. The van der Waals surface area contributed by atoms with Gasteiger partial charge in [-0.05, 0) is 53.6 Å². The van der Waals surface area contributed by atoms with Gasteiger partial charge in [0.15, 0.2) is 11.6 Å². The summed E-state index contributed by atoms with van der Waals surface area (Å²) in [6, 6.07) is 19.3. The Hall–Kier alpha value is -2.68. The van der Waals surface area contributed by atoms with Crippen LogP contribution < -0.4 is 4.74 Å². The maximum Gasteiger partial charge on any atom is 0.201 e. The van der Waals surface area contributed by atoms with Crippen molar-refractivity contribution in [1.29, 1.82) is 0 Å². The van der Waals surface area contributed by atoms with Gasteiger partial charge in [-0.3, -0.25) is 0 Å². The van der Waals surface area contributed by atoms with Crippen molar-refractivity contribution in [3.8, 4) is 28.0 Å². The van der Waals surface area contributed by atoms with Gasteiger partial charge in [-0.15, -0.1) is 0 Å². The molecule has 0 aliphatic heterocycles. The molecule has 3 aromatic carbocycles. The van der Waals surface area contributed by atoms with Crippen LogP contribution in [0.15, 0.2) is 60.7 Å². The first-order chi connectivity index (χ1) is 17.2. The Morgan fingerprint density at radius 1 is 0.571 bits per heavy atom. The second kappa shape index (κ2) is 14.7. The predicted molar refractivity (Wildman–Crippen MR) is 144 cm³/mol. The van der Waals surface area contributed by atoms with Crippen molar-refractivity contribution < 1.29 is 13.5 Å². The van der Waals surface area contributed by atoms with Crippen LogP contribution in [-0.4, -0.2) is 6.61 Å². The summed E-state index contributed by atoms with van der Waals surface area (Å²) in [4.78, 5) is 0. The van der Waals surface area contributed by atoms with Crippen LogP contribution in [0.25, 0.3) is 22.3 Å². The fraction of sp³-hybridized carbons (Fsp3) is 0.438. The van der Waals surface area contributed by atoms with E-state index < -0.39 is 11.6 Å². The minimum Gasteiger partial charge on any atom is -0.490 e. The summed E-state index contributed by atoms with van der Waals surface area (Å²) in [5, 5.41) is 0. The molecule has 0 amide bonds. The number of halogens is 2. The van der Waals surface area contributed by atoms with Crippen LogP contribution in [0.1, 0.15) is 83.6 Å². The molecule has 0 saturated carbocycles. The summed E-state index contributed by atoms with van der Waals surface area (Å²) in [7, 11) is 0. The third-order valence-corrected chi connectivity index (χ3v) is 6.60. The number of ether oxygens (including phenoxy) is 1. The maximum atomic E-state index is 15.1. The fourth-order valence-electron chi connectivity index (χ4n) is 4.49. The molecular weight excluding hydrogens is 438 g/mol. The highest BCUT2D eigenvalue weighted by atomic mass is 19.2. The van der Waals surface area contributed by atoms with Crippen LogP contribution in [0.2, 0.25) is 0 Å². The third-order valence-electron chi connectivity index (χ3n) is 6.60. The minimum absolute atomic E-state index is 0.0146. The van der Waals surface area contributed by atoms with Gasteiger partial charge >= 0.3 is 0 Å². The van der Waals surface area contributed by atoms with Gasteiger partial charge in [0.25, 0.3) is 0 Å². The zero-order valence-corrected chi connectivity index (χ0v) is 21.4. The Bertz CT molecular complexity index is 1030. The number of rotatable bonds is 15. The molecule has 0 fully saturated rings. The maximum absolute atomic E-state index is 15.1. The Balaban J connectivity index is 1.70. The minimum atomic E-state index is -0.915. The van der Waals surface area contributed by atoms with E-state index in [4.69, 9.17) is 4.74 Å². The van der Waals surface area contributed by atoms with Crippen LogP contribution in [-0.2, 0) is 6.42 Å². The van der Waals surface area contributed by atoms with Gasteiger partial charge < -0.3 is 4.74 Å². The van der Waals surface area contributed by atoms with Gasteiger partial charge in [0.05, 0.1) is 6.61 Å². The van der Waals surface area contributed by atoms with Crippen molar-refractivity contribution in [1.82, 2.24) is 0 Å². The number of unbranched alkanes of at least 4 members (excludes halogenated alkanes) is 8. The quantitative estimate of drug-likeness (QED) is 0.197. The average molecular weight is 479 g/mol. The molecule has 0 saturated heterocycles. The van der Waals surface area contributed by atoms with E-state index in [-0.39, 0.29) is 11.3 Å². The monoisotopic (exact) mass is 478 g/mol. The Kier molecular flexibility index (Phi) is 11.3. The van der Waals surface area contributed by atoms with Gasteiger partial charge in [0.1, 0.15) is 0 Å². The van der Waals surface area contributed by atoms with E-state index in [0.29, 0.717) is 12.2 Å². The molecule has 0 aliphatic rings. The molecule has 0 spiro atoms. The van der Waals surface area contributed by atoms with Crippen molar-refractivity contribution in [2.75, 3.05) is 6.61 Å². The van der Waals surface area contributed by atoms with Crippen LogP contribution in [0.4, 0.5) is 8.78 Å². The predicted octanol–water partition coefficient (Wildman–Crippen LogP) is 10.2. The number of benzene rings is 3. The van der Waals surface area contributed by atoms with Crippen LogP contribution in [0.3, 0.4) is 0 Å². The highest BCUT2D eigenvalue weighted by Gasteiger charge is 2.18. The highest BCUT2D eigenvalue weighted by Crippen LogP contribution is 2.36. The van der Waals surface area contributed by atoms with Crippen molar-refractivity contribution in [2.24, 2.45) is 0 Å². The van der Waals surface area contributed by atoms with Crippen LogP contribution in [0.5, 0.6) is 5.75 Å². The van der Waals surface area contributed by atoms with Gasteiger partial charge in [0, 0.05) is 5.56 Å². The van der Waals surface area contributed by atoms with Crippen LogP contribution in [0, 0.1) is 11.6 Å². The molecule has 0 radical (unpaired) electrons. The Labute approximate surface area is 210 Å². The first-order valence-electron chi connectivity index (χ1n) is 13.4. The number of hydrogen-bond donors (Lipinski definition) is 0. The van der Waals surface area contributed by atoms with Crippen molar-refractivity contribution in [3.05, 3.63) is 77.9 Å². The zero-order valence-electron chi connectivity index (χ0n) is 21.4. The number of aryl methyl sites for hydroxylation is 1. The summed E-state index contributed by atoms with van der Waals surface area (Å²) < 4.78 is 35.5. The molecule has 0 bridgehead atoms. The molecule has 0 aromatic heterocycles. The number of hydrogen-bond acceptors (Lipinski definition) is 1. The van der Waals surface area contributed by atoms with E-state index >= 15 is 4.39 Å². The third kappa shape index (κ3) is 7.92. The summed E-state index contributed by atoms with van der Waals surface area (Å²) in [6.07, 6.45) is 12.9. The van der Waals surface area contributed by atoms with Gasteiger partial charge in [0.2, 0.25) is 5.82 Å². The lowest BCUT2D eigenvalue weighted by Crippen LogP contribution is -2.02. The zero-order chi connectivity index (χ0) is 24.9. The van der Waals surface area contributed by atoms with Crippen molar-refractivity contribution in [2.45, 2.75) is 84.5 Å². The van der Waals surface area contributed by atoms with Crippen molar-refractivity contribution >= 4 is 0 Å². The lowest BCUT2D eigenvalue weighted by atomic mass is 9.93. The van der Waals surface area contributed by atoms with E-state index in [1.807, 2.05) is 24.3 Å². The molecule has 3 rings (SSSR count).